The maximum absolute atomic E-state index is 13.3. The molecule has 0 radical (unpaired) electrons. The molecule has 2 aromatic carbocycles. The van der Waals surface area contributed by atoms with Crippen LogP contribution in [0.3, 0.4) is 0 Å². The molecule has 2 fully saturated rings. The van der Waals surface area contributed by atoms with Crippen molar-refractivity contribution < 1.29 is 4.39 Å². The second-order valence-corrected chi connectivity index (χ2v) is 10.1. The number of rotatable bonds is 6. The predicted molar refractivity (Wildman–Crippen MR) is 121 cm³/mol. The minimum atomic E-state index is -0.125. The van der Waals surface area contributed by atoms with E-state index in [1.54, 1.807) is 23.3 Å². The minimum absolute atomic E-state index is 0.125. The zero-order valence-corrected chi connectivity index (χ0v) is 18.4. The summed E-state index contributed by atoms with van der Waals surface area (Å²) in [6, 6.07) is 16.5. The molecule has 0 spiro atoms. The smallest absolute Gasteiger partial charge is 0.123 e. The molecule has 5 atom stereocenters. The van der Waals surface area contributed by atoms with Crippen LogP contribution in [-0.2, 0) is 6.42 Å². The molecule has 0 saturated heterocycles. The van der Waals surface area contributed by atoms with E-state index in [0.29, 0.717) is 11.8 Å². The predicted octanol–water partition coefficient (Wildman–Crippen LogP) is 8.13. The van der Waals surface area contributed by atoms with Crippen molar-refractivity contribution >= 4 is 0 Å². The molecule has 0 amide bonds. The lowest BCUT2D eigenvalue weighted by atomic mass is 9.77. The van der Waals surface area contributed by atoms with E-state index in [1.165, 1.54) is 50.5 Å². The van der Waals surface area contributed by atoms with E-state index in [9.17, 15) is 4.39 Å². The molecule has 156 valence electrons. The number of hydrogen-bond acceptors (Lipinski definition) is 0. The fourth-order valence-corrected chi connectivity index (χ4v) is 6.34. The number of benzene rings is 2. The molecule has 2 saturated carbocycles. The molecule has 4 rings (SSSR count). The molecule has 0 aromatic heterocycles. The molecule has 29 heavy (non-hydrogen) atoms. The Morgan fingerprint density at radius 3 is 2.41 bits per heavy atom. The van der Waals surface area contributed by atoms with Crippen LogP contribution in [0.4, 0.5) is 4.39 Å². The molecule has 5 unspecified atom stereocenters. The fraction of sp³-hybridized carbons (Fsp3) is 0.571. The molecule has 2 aromatic rings. The molecular weight excluding hydrogens is 355 g/mol. The zero-order valence-electron chi connectivity index (χ0n) is 18.4. The Hall–Kier alpha value is -1.63. The first kappa shape index (κ1) is 20.6. The average Bonchev–Trinajstić information content (AvgIpc) is 3.39. The fourth-order valence-electron chi connectivity index (χ4n) is 6.34. The molecule has 0 N–H and O–H groups in total. The van der Waals surface area contributed by atoms with Crippen molar-refractivity contribution in [1.82, 2.24) is 0 Å². The van der Waals surface area contributed by atoms with Crippen LogP contribution < -0.4 is 0 Å². The highest BCUT2D eigenvalue weighted by Crippen LogP contribution is 2.46. The highest BCUT2D eigenvalue weighted by Gasteiger charge is 2.33. The summed E-state index contributed by atoms with van der Waals surface area (Å²) >= 11 is 0. The minimum Gasteiger partial charge on any atom is -0.207 e. The van der Waals surface area contributed by atoms with Gasteiger partial charge in [-0.1, -0.05) is 63.6 Å². The quantitative estimate of drug-likeness (QED) is 0.465. The Balaban J connectivity index is 1.44. The van der Waals surface area contributed by atoms with Crippen LogP contribution in [0.25, 0.3) is 0 Å². The van der Waals surface area contributed by atoms with Gasteiger partial charge < -0.3 is 0 Å². The molecule has 0 heterocycles. The summed E-state index contributed by atoms with van der Waals surface area (Å²) in [4.78, 5) is 0. The van der Waals surface area contributed by atoms with Gasteiger partial charge in [0.25, 0.3) is 0 Å². The van der Waals surface area contributed by atoms with Crippen molar-refractivity contribution in [2.75, 3.05) is 0 Å². The van der Waals surface area contributed by atoms with Gasteiger partial charge in [0.2, 0.25) is 0 Å². The van der Waals surface area contributed by atoms with Gasteiger partial charge in [-0.15, -0.1) is 0 Å². The third-order valence-corrected chi connectivity index (χ3v) is 8.04. The zero-order chi connectivity index (χ0) is 20.4. The van der Waals surface area contributed by atoms with Gasteiger partial charge in [-0.05, 0) is 103 Å². The van der Waals surface area contributed by atoms with Crippen LogP contribution in [0.15, 0.2) is 48.5 Å². The monoisotopic (exact) mass is 392 g/mol. The van der Waals surface area contributed by atoms with Crippen molar-refractivity contribution in [3.63, 3.8) is 0 Å². The van der Waals surface area contributed by atoms with E-state index < -0.39 is 0 Å². The van der Waals surface area contributed by atoms with Gasteiger partial charge in [-0.2, -0.15) is 0 Å². The highest BCUT2D eigenvalue weighted by atomic mass is 19.1. The third kappa shape index (κ3) is 4.60. The Labute approximate surface area is 176 Å². The highest BCUT2D eigenvalue weighted by molar-refractivity contribution is 5.32. The van der Waals surface area contributed by atoms with Gasteiger partial charge in [0.05, 0.1) is 0 Å². The molecule has 0 bridgehead atoms. The first-order chi connectivity index (χ1) is 14.0. The SMILES string of the molecule is CC(C)C1CCCC1c1ccccc1CC(C)C1CCC(c2ccc(F)cc2)C1. The van der Waals surface area contributed by atoms with Gasteiger partial charge in [-0.25, -0.2) is 4.39 Å². The Bertz CT molecular complexity index is 790. The molecule has 0 aliphatic heterocycles. The standard InChI is InChI=1S/C28H37F/c1-19(2)26-9-6-10-28(26)27-8-5-4-7-24(27)17-20(3)22-11-12-23(18-22)21-13-15-25(29)16-14-21/h4-5,7-8,13-16,19-20,22-23,26,28H,6,9-12,17-18H2,1-3H3. The van der Waals surface area contributed by atoms with Crippen molar-refractivity contribution in [1.29, 1.82) is 0 Å². The van der Waals surface area contributed by atoms with Crippen LogP contribution in [0.2, 0.25) is 0 Å². The van der Waals surface area contributed by atoms with Gasteiger partial charge in [0.1, 0.15) is 5.82 Å². The lowest BCUT2D eigenvalue weighted by Gasteiger charge is -2.27. The van der Waals surface area contributed by atoms with Crippen LogP contribution >= 0.6 is 0 Å². The lowest BCUT2D eigenvalue weighted by molar-refractivity contribution is 0.346. The van der Waals surface area contributed by atoms with E-state index in [2.05, 4.69) is 45.0 Å². The van der Waals surface area contributed by atoms with Gasteiger partial charge >= 0.3 is 0 Å². The van der Waals surface area contributed by atoms with Crippen molar-refractivity contribution in [2.45, 2.75) is 77.6 Å². The summed E-state index contributed by atoms with van der Waals surface area (Å²) in [5.74, 6) is 4.36. The van der Waals surface area contributed by atoms with E-state index >= 15 is 0 Å². The molecule has 0 nitrogen and oxygen atoms in total. The second kappa shape index (κ2) is 9.02. The van der Waals surface area contributed by atoms with Crippen LogP contribution in [-0.4, -0.2) is 0 Å². The van der Waals surface area contributed by atoms with Crippen molar-refractivity contribution in [2.24, 2.45) is 23.7 Å². The largest absolute Gasteiger partial charge is 0.207 e. The third-order valence-electron chi connectivity index (χ3n) is 8.04. The molecule has 2 aliphatic rings. The Kier molecular flexibility index (Phi) is 6.42. The van der Waals surface area contributed by atoms with Crippen molar-refractivity contribution in [3.05, 3.63) is 71.0 Å². The van der Waals surface area contributed by atoms with Gasteiger partial charge in [0, 0.05) is 0 Å². The van der Waals surface area contributed by atoms with Crippen LogP contribution in [0, 0.1) is 29.5 Å². The summed E-state index contributed by atoms with van der Waals surface area (Å²) < 4.78 is 13.3. The van der Waals surface area contributed by atoms with Gasteiger partial charge in [0.15, 0.2) is 0 Å². The summed E-state index contributed by atoms with van der Waals surface area (Å²) in [7, 11) is 0. The summed E-state index contributed by atoms with van der Waals surface area (Å²) in [5.41, 5.74) is 4.57. The Morgan fingerprint density at radius 2 is 1.66 bits per heavy atom. The molecular formula is C28H37F. The number of hydrogen-bond donors (Lipinski definition) is 0. The van der Waals surface area contributed by atoms with E-state index in [-0.39, 0.29) is 5.82 Å². The van der Waals surface area contributed by atoms with E-state index in [1.807, 2.05) is 12.1 Å². The lowest BCUT2D eigenvalue weighted by Crippen LogP contribution is -2.17. The topological polar surface area (TPSA) is 0 Å². The average molecular weight is 393 g/mol. The summed E-state index contributed by atoms with van der Waals surface area (Å²) in [6.45, 7) is 7.27. The first-order valence-corrected chi connectivity index (χ1v) is 11.9. The Morgan fingerprint density at radius 1 is 0.897 bits per heavy atom. The maximum atomic E-state index is 13.3. The normalized spacial score (nSPS) is 28.2. The van der Waals surface area contributed by atoms with Gasteiger partial charge in [-0.3, -0.25) is 0 Å². The molecule has 1 heteroatoms. The van der Waals surface area contributed by atoms with Crippen LogP contribution in [0.5, 0.6) is 0 Å². The van der Waals surface area contributed by atoms with E-state index in [0.717, 1.165) is 23.7 Å². The maximum Gasteiger partial charge on any atom is 0.123 e. The number of halogens is 1. The second-order valence-electron chi connectivity index (χ2n) is 10.1. The van der Waals surface area contributed by atoms with Crippen molar-refractivity contribution in [3.8, 4) is 0 Å². The summed E-state index contributed by atoms with van der Waals surface area (Å²) in [6.07, 6.45) is 9.17. The first-order valence-electron chi connectivity index (χ1n) is 11.9. The summed E-state index contributed by atoms with van der Waals surface area (Å²) in [5, 5.41) is 0. The van der Waals surface area contributed by atoms with Crippen LogP contribution in [0.1, 0.15) is 87.8 Å². The van der Waals surface area contributed by atoms with E-state index in [4.69, 9.17) is 0 Å². The molecule has 2 aliphatic carbocycles.